The van der Waals surface area contributed by atoms with E-state index in [9.17, 15) is 5.11 Å². The fourth-order valence-electron chi connectivity index (χ4n) is 3.95. The molecule has 3 aliphatic rings. The Kier molecular flexibility index (Phi) is 0.893. The molecule has 3 atom stereocenters. The highest BCUT2D eigenvalue weighted by Crippen LogP contribution is 2.76. The first-order valence-corrected chi connectivity index (χ1v) is 4.87. The van der Waals surface area contributed by atoms with Crippen LogP contribution in [0.1, 0.15) is 39.0 Å². The summed E-state index contributed by atoms with van der Waals surface area (Å²) < 4.78 is 0. The zero-order valence-corrected chi connectivity index (χ0v) is 7.14. The van der Waals surface area contributed by atoms with E-state index < -0.39 is 0 Å². The van der Waals surface area contributed by atoms with Gasteiger partial charge in [0.2, 0.25) is 0 Å². The van der Waals surface area contributed by atoms with Gasteiger partial charge in [0.1, 0.15) is 0 Å². The summed E-state index contributed by atoms with van der Waals surface area (Å²) in [6.07, 6.45) is 6.64. The van der Waals surface area contributed by atoms with Crippen LogP contribution in [-0.4, -0.2) is 11.2 Å². The topological polar surface area (TPSA) is 20.2 Å². The van der Waals surface area contributed by atoms with Crippen molar-refractivity contribution >= 4 is 0 Å². The third-order valence-electron chi connectivity index (χ3n) is 4.96. The molecule has 3 aliphatic carbocycles. The maximum atomic E-state index is 9.85. The van der Waals surface area contributed by atoms with Crippen molar-refractivity contribution in [1.29, 1.82) is 0 Å². The van der Waals surface area contributed by atoms with Gasteiger partial charge in [-0.05, 0) is 48.9 Å². The Bertz CT molecular complexity index is 207. The van der Waals surface area contributed by atoms with E-state index in [1.165, 1.54) is 25.7 Å². The maximum Gasteiger partial charge on any atom is 0.0602 e. The Labute approximate surface area is 67.8 Å². The van der Waals surface area contributed by atoms with Crippen molar-refractivity contribution < 1.29 is 5.11 Å². The van der Waals surface area contributed by atoms with Crippen LogP contribution in [0.15, 0.2) is 0 Å². The predicted molar refractivity (Wildman–Crippen MR) is 43.1 cm³/mol. The van der Waals surface area contributed by atoms with Crippen LogP contribution in [0.2, 0.25) is 0 Å². The zero-order valence-electron chi connectivity index (χ0n) is 7.14. The molecule has 0 saturated heterocycles. The Morgan fingerprint density at radius 2 is 2.00 bits per heavy atom. The second-order valence-electron chi connectivity index (χ2n) is 5.06. The Morgan fingerprint density at radius 3 is 2.27 bits per heavy atom. The van der Waals surface area contributed by atoms with E-state index in [1.807, 2.05) is 0 Å². The van der Waals surface area contributed by atoms with Gasteiger partial charge < -0.3 is 5.11 Å². The number of rotatable bonds is 0. The molecule has 2 bridgehead atoms. The molecule has 0 radical (unpaired) electrons. The summed E-state index contributed by atoms with van der Waals surface area (Å²) in [7, 11) is 0. The van der Waals surface area contributed by atoms with E-state index in [0.29, 0.717) is 10.8 Å². The van der Waals surface area contributed by atoms with Crippen LogP contribution in [0, 0.1) is 16.7 Å². The molecule has 3 saturated carbocycles. The van der Waals surface area contributed by atoms with Crippen molar-refractivity contribution in [2.24, 2.45) is 16.7 Å². The van der Waals surface area contributed by atoms with Crippen LogP contribution in [0.4, 0.5) is 0 Å². The number of hydrogen-bond acceptors (Lipinski definition) is 1. The molecule has 3 fully saturated rings. The maximum absolute atomic E-state index is 9.85. The summed E-state index contributed by atoms with van der Waals surface area (Å²) in [5.74, 6) is 0.891. The first-order chi connectivity index (χ1) is 5.19. The molecule has 1 spiro atoms. The average molecular weight is 152 g/mol. The fraction of sp³-hybridized carbons (Fsp3) is 1.00. The quantitative estimate of drug-likeness (QED) is 0.562. The molecule has 3 rings (SSSR count). The lowest BCUT2D eigenvalue weighted by atomic mass is 9.77. The molecule has 0 aromatic rings. The first kappa shape index (κ1) is 6.47. The second-order valence-corrected chi connectivity index (χ2v) is 5.06. The molecule has 1 heteroatoms. The predicted octanol–water partition coefficient (Wildman–Crippen LogP) is 1.95. The lowest BCUT2D eigenvalue weighted by Gasteiger charge is -2.31. The molecule has 0 amide bonds. The Hall–Kier alpha value is -0.0400. The van der Waals surface area contributed by atoms with E-state index >= 15 is 0 Å². The molecule has 0 aliphatic heterocycles. The summed E-state index contributed by atoms with van der Waals surface area (Å²) in [5.41, 5.74) is 0.962. The molecule has 1 N–H and O–H groups in total. The van der Waals surface area contributed by atoms with E-state index in [2.05, 4.69) is 6.92 Å². The molecular weight excluding hydrogens is 136 g/mol. The van der Waals surface area contributed by atoms with Gasteiger partial charge in [-0.3, -0.25) is 0 Å². The SMILES string of the molecule is CC12CCC(CC1O)C21CC1. The highest BCUT2D eigenvalue weighted by Gasteiger charge is 2.71. The normalized spacial score (nSPS) is 57.3. The molecule has 1 nitrogen and oxygen atoms in total. The van der Waals surface area contributed by atoms with Gasteiger partial charge in [-0.2, -0.15) is 0 Å². The van der Waals surface area contributed by atoms with Crippen molar-refractivity contribution in [3.63, 3.8) is 0 Å². The smallest absolute Gasteiger partial charge is 0.0602 e. The minimum absolute atomic E-state index is 0.0312. The third-order valence-corrected chi connectivity index (χ3v) is 4.96. The lowest BCUT2D eigenvalue weighted by molar-refractivity contribution is 0.0314. The van der Waals surface area contributed by atoms with Crippen LogP contribution in [0.5, 0.6) is 0 Å². The van der Waals surface area contributed by atoms with Gasteiger partial charge in [0.15, 0.2) is 0 Å². The van der Waals surface area contributed by atoms with Crippen LogP contribution in [-0.2, 0) is 0 Å². The minimum Gasteiger partial charge on any atom is -0.393 e. The average Bonchev–Trinajstić information content (AvgIpc) is 2.67. The molecule has 0 heterocycles. The minimum atomic E-state index is 0.0312. The standard InChI is InChI=1S/C10H16O/c1-9-3-2-7(6-8(9)11)10(9)4-5-10/h7-8,11H,2-6H2,1H3. The number of aliphatic hydroxyl groups is 1. The van der Waals surface area contributed by atoms with Crippen molar-refractivity contribution in [1.82, 2.24) is 0 Å². The Morgan fingerprint density at radius 1 is 1.27 bits per heavy atom. The zero-order chi connectivity index (χ0) is 7.69. The highest BCUT2D eigenvalue weighted by atomic mass is 16.3. The van der Waals surface area contributed by atoms with Crippen LogP contribution >= 0.6 is 0 Å². The largest absolute Gasteiger partial charge is 0.393 e. The van der Waals surface area contributed by atoms with Gasteiger partial charge in [0.25, 0.3) is 0 Å². The van der Waals surface area contributed by atoms with Gasteiger partial charge in [0.05, 0.1) is 6.10 Å². The summed E-state index contributed by atoms with van der Waals surface area (Å²) in [5, 5.41) is 9.85. The van der Waals surface area contributed by atoms with Gasteiger partial charge in [-0.1, -0.05) is 6.92 Å². The second kappa shape index (κ2) is 1.52. The van der Waals surface area contributed by atoms with Crippen LogP contribution < -0.4 is 0 Å². The van der Waals surface area contributed by atoms with Crippen molar-refractivity contribution in [2.75, 3.05) is 0 Å². The third kappa shape index (κ3) is 0.488. The summed E-state index contributed by atoms with van der Waals surface area (Å²) in [4.78, 5) is 0. The van der Waals surface area contributed by atoms with Gasteiger partial charge in [-0.25, -0.2) is 0 Å². The Balaban J connectivity index is 2.08. The molecule has 0 aromatic carbocycles. The molecular formula is C10H16O. The van der Waals surface area contributed by atoms with E-state index in [-0.39, 0.29) is 6.10 Å². The van der Waals surface area contributed by atoms with Gasteiger partial charge in [0, 0.05) is 0 Å². The van der Waals surface area contributed by atoms with Crippen LogP contribution in [0.3, 0.4) is 0 Å². The summed E-state index contributed by atoms with van der Waals surface area (Å²) >= 11 is 0. The lowest BCUT2D eigenvalue weighted by Crippen LogP contribution is -2.31. The van der Waals surface area contributed by atoms with Crippen molar-refractivity contribution in [3.05, 3.63) is 0 Å². The van der Waals surface area contributed by atoms with Gasteiger partial charge in [-0.15, -0.1) is 0 Å². The fourth-order valence-corrected chi connectivity index (χ4v) is 3.95. The van der Waals surface area contributed by atoms with E-state index in [1.54, 1.807) is 0 Å². The van der Waals surface area contributed by atoms with Crippen molar-refractivity contribution in [2.45, 2.75) is 45.1 Å². The van der Waals surface area contributed by atoms with Gasteiger partial charge >= 0.3 is 0 Å². The monoisotopic (exact) mass is 152 g/mol. The summed E-state index contributed by atoms with van der Waals surface area (Å²) in [6, 6.07) is 0. The summed E-state index contributed by atoms with van der Waals surface area (Å²) in [6.45, 7) is 2.32. The van der Waals surface area contributed by atoms with E-state index in [4.69, 9.17) is 0 Å². The van der Waals surface area contributed by atoms with E-state index in [0.717, 1.165) is 12.3 Å². The molecule has 11 heavy (non-hydrogen) atoms. The van der Waals surface area contributed by atoms with Crippen molar-refractivity contribution in [3.8, 4) is 0 Å². The first-order valence-electron chi connectivity index (χ1n) is 4.87. The number of aliphatic hydroxyl groups excluding tert-OH is 1. The molecule has 3 unspecified atom stereocenters. The molecule has 0 aromatic heterocycles. The number of hydrogen-bond donors (Lipinski definition) is 1. The van der Waals surface area contributed by atoms with Crippen LogP contribution in [0.25, 0.3) is 0 Å². The molecule has 62 valence electrons. The highest BCUT2D eigenvalue weighted by molar-refractivity contribution is 5.20.